The van der Waals surface area contributed by atoms with Crippen LogP contribution in [0.2, 0.25) is 0 Å². The van der Waals surface area contributed by atoms with Crippen LogP contribution in [0.5, 0.6) is 0 Å². The molecule has 0 atom stereocenters. The molecule has 0 heterocycles. The summed E-state index contributed by atoms with van der Waals surface area (Å²) in [6.07, 6.45) is 1.69. The Morgan fingerprint density at radius 3 is 2.31 bits per heavy atom. The molecule has 78 valence electrons. The zero-order chi connectivity index (χ0) is 11.1. The molecule has 0 spiro atoms. The van der Waals surface area contributed by atoms with Gasteiger partial charge < -0.3 is 0 Å². The molecule has 1 heteroatoms. The fraction of sp³-hybridized carbons (Fsp3) is 0. The van der Waals surface area contributed by atoms with E-state index in [2.05, 4.69) is 42.5 Å². The van der Waals surface area contributed by atoms with Gasteiger partial charge in [0.2, 0.25) is 0 Å². The van der Waals surface area contributed by atoms with Crippen LogP contribution in [0.4, 0.5) is 0 Å². The quantitative estimate of drug-likeness (QED) is 0.570. The van der Waals surface area contributed by atoms with Crippen LogP contribution in [-0.4, -0.2) is 4.07 Å². The first kappa shape index (κ1) is 9.88. The van der Waals surface area contributed by atoms with E-state index in [-0.39, 0.29) is 0 Å². The Hall–Kier alpha value is -1.31. The molecule has 3 rings (SSSR count). The molecule has 0 radical (unpaired) electrons. The number of hydrogen-bond acceptors (Lipinski definition) is 0. The van der Waals surface area contributed by atoms with Crippen molar-refractivity contribution < 1.29 is 18.1 Å². The van der Waals surface area contributed by atoms with E-state index in [0.717, 1.165) is 5.56 Å². The van der Waals surface area contributed by atoms with Crippen molar-refractivity contribution in [2.75, 3.05) is 0 Å². The van der Waals surface area contributed by atoms with E-state index in [1.54, 1.807) is 6.08 Å². The second kappa shape index (κ2) is 3.61. The first-order valence-corrected chi connectivity index (χ1v) is 6.39. The van der Waals surface area contributed by atoms with Crippen LogP contribution in [0.3, 0.4) is 0 Å². The van der Waals surface area contributed by atoms with Gasteiger partial charge in [0.05, 0.1) is 0 Å². The van der Waals surface area contributed by atoms with Gasteiger partial charge in [-0.1, -0.05) is 0 Å². The third-order valence-electron chi connectivity index (χ3n) is 2.94. The van der Waals surface area contributed by atoms with Crippen LogP contribution < -0.4 is 0 Å². The van der Waals surface area contributed by atoms with Crippen LogP contribution in [-0.2, 0) is 18.1 Å². The third kappa shape index (κ3) is 1.22. The van der Waals surface area contributed by atoms with Gasteiger partial charge in [-0.3, -0.25) is 0 Å². The van der Waals surface area contributed by atoms with Crippen LogP contribution in [0.15, 0.2) is 42.5 Å². The Kier molecular flexibility index (Phi) is 2.23. The SMILES string of the molecule is [CH-]=Cc1cccc2c1[C](=[Os])c1ccccc1-2. The van der Waals surface area contributed by atoms with E-state index in [1.165, 1.54) is 26.3 Å². The van der Waals surface area contributed by atoms with Crippen molar-refractivity contribution in [2.24, 2.45) is 0 Å². The molecule has 2 aromatic carbocycles. The molecule has 0 N–H and O–H groups in total. The summed E-state index contributed by atoms with van der Waals surface area (Å²) in [6, 6.07) is 14.8. The molecule has 1 aliphatic carbocycles. The Labute approximate surface area is 105 Å². The summed E-state index contributed by atoms with van der Waals surface area (Å²) in [5, 5.41) is 0. The minimum atomic E-state index is 1.12. The first-order chi connectivity index (χ1) is 7.83. The zero-order valence-electron chi connectivity index (χ0n) is 8.55. The topological polar surface area (TPSA) is 0 Å². The second-order valence-corrected chi connectivity index (χ2v) is 5.05. The molecule has 0 saturated heterocycles. The number of hydrogen-bond donors (Lipinski definition) is 0. The molecular weight excluding hydrogens is 370 g/mol. The van der Waals surface area contributed by atoms with E-state index in [4.69, 9.17) is 6.58 Å². The average Bonchev–Trinajstić information content (AvgIpc) is 2.64. The Morgan fingerprint density at radius 1 is 0.875 bits per heavy atom. The molecule has 0 aliphatic heterocycles. The summed E-state index contributed by atoms with van der Waals surface area (Å²) in [6.45, 7) is 5.68. The van der Waals surface area contributed by atoms with Gasteiger partial charge in [0, 0.05) is 0 Å². The number of fused-ring (bicyclic) bond motifs is 3. The van der Waals surface area contributed by atoms with Gasteiger partial charge in [-0.05, 0) is 0 Å². The van der Waals surface area contributed by atoms with Gasteiger partial charge in [-0.2, -0.15) is 0 Å². The molecule has 1 aliphatic rings. The summed E-state index contributed by atoms with van der Waals surface area (Å²) in [5.74, 6) is 0. The van der Waals surface area contributed by atoms with Gasteiger partial charge in [0.1, 0.15) is 0 Å². The average molecular weight is 379 g/mol. The van der Waals surface area contributed by atoms with Gasteiger partial charge in [0.15, 0.2) is 0 Å². The Bertz CT molecular complexity index is 609. The van der Waals surface area contributed by atoms with Crippen molar-refractivity contribution in [2.45, 2.75) is 0 Å². The van der Waals surface area contributed by atoms with Crippen LogP contribution in [0.25, 0.3) is 17.2 Å². The molecule has 0 nitrogen and oxygen atoms in total. The fourth-order valence-electron chi connectivity index (χ4n) is 2.21. The minimum absolute atomic E-state index is 1.12. The summed E-state index contributed by atoms with van der Waals surface area (Å²) in [7, 11) is 0. The third-order valence-corrected chi connectivity index (χ3v) is 4.26. The standard InChI is InChI=1S/C15H9.Os/c1-2-11-7-5-9-14-13-8-4-3-6-12(13)10-15(11)14;/h1-9H;/q-1;. The molecule has 0 bridgehead atoms. The van der Waals surface area contributed by atoms with Crippen LogP contribution >= 0.6 is 0 Å². The van der Waals surface area contributed by atoms with Gasteiger partial charge in [-0.25, -0.2) is 0 Å². The maximum atomic E-state index is 5.68. The summed E-state index contributed by atoms with van der Waals surface area (Å²) < 4.78 is 1.35. The molecule has 16 heavy (non-hydrogen) atoms. The second-order valence-electron chi connectivity index (χ2n) is 3.78. The van der Waals surface area contributed by atoms with E-state index >= 15 is 0 Å². The monoisotopic (exact) mass is 381 g/mol. The summed E-state index contributed by atoms with van der Waals surface area (Å²) in [4.78, 5) is 0. The van der Waals surface area contributed by atoms with Crippen LogP contribution in [0.1, 0.15) is 16.7 Å². The predicted octanol–water partition coefficient (Wildman–Crippen LogP) is 3.23. The molecular formula is C15H9Os-. The van der Waals surface area contributed by atoms with E-state index in [0.29, 0.717) is 0 Å². The van der Waals surface area contributed by atoms with Crippen molar-refractivity contribution in [3.63, 3.8) is 0 Å². The number of rotatable bonds is 1. The first-order valence-electron chi connectivity index (χ1n) is 5.12. The molecule has 0 unspecified atom stereocenters. The van der Waals surface area contributed by atoms with Gasteiger partial charge in [-0.15, -0.1) is 0 Å². The molecule has 0 saturated carbocycles. The van der Waals surface area contributed by atoms with Crippen molar-refractivity contribution in [1.29, 1.82) is 0 Å². The maximum absolute atomic E-state index is 5.68. The van der Waals surface area contributed by atoms with Gasteiger partial charge in [0.25, 0.3) is 0 Å². The molecule has 0 aromatic heterocycles. The van der Waals surface area contributed by atoms with E-state index in [1.807, 2.05) is 18.1 Å². The summed E-state index contributed by atoms with van der Waals surface area (Å²) in [5.41, 5.74) is 6.39. The van der Waals surface area contributed by atoms with Crippen LogP contribution in [0, 0.1) is 6.58 Å². The normalized spacial score (nSPS) is 12.2. The number of benzene rings is 2. The van der Waals surface area contributed by atoms with Crippen molar-refractivity contribution >= 4 is 10.1 Å². The zero-order valence-corrected chi connectivity index (χ0v) is 11.1. The Morgan fingerprint density at radius 2 is 1.56 bits per heavy atom. The van der Waals surface area contributed by atoms with Crippen molar-refractivity contribution in [3.8, 4) is 11.1 Å². The molecule has 0 amide bonds. The van der Waals surface area contributed by atoms with E-state index < -0.39 is 0 Å². The summed E-state index contributed by atoms with van der Waals surface area (Å²) >= 11 is 1.94. The predicted molar refractivity (Wildman–Crippen MR) is 63.9 cm³/mol. The molecule has 2 aromatic rings. The van der Waals surface area contributed by atoms with Crippen molar-refractivity contribution in [3.05, 3.63) is 65.7 Å². The van der Waals surface area contributed by atoms with Crippen molar-refractivity contribution in [1.82, 2.24) is 0 Å². The van der Waals surface area contributed by atoms with Gasteiger partial charge >= 0.3 is 105 Å². The fourth-order valence-corrected chi connectivity index (χ4v) is 3.47. The molecule has 0 fully saturated rings. The van der Waals surface area contributed by atoms with E-state index in [9.17, 15) is 0 Å². The Balaban J connectivity index is 2.41.